The molecular formula is C12H12FNO3. The van der Waals surface area contributed by atoms with Crippen molar-refractivity contribution in [2.24, 2.45) is 4.99 Å². The molecule has 0 aliphatic carbocycles. The molecule has 1 aromatic rings. The number of halogens is 1. The number of ether oxygens (including phenoxy) is 1. The maximum atomic E-state index is 13.2. The summed E-state index contributed by atoms with van der Waals surface area (Å²) in [6.07, 6.45) is 1.07. The van der Waals surface area contributed by atoms with Gasteiger partial charge in [-0.05, 0) is 19.1 Å². The van der Waals surface area contributed by atoms with Crippen molar-refractivity contribution in [2.75, 3.05) is 7.11 Å². The van der Waals surface area contributed by atoms with Crippen LogP contribution in [0.3, 0.4) is 0 Å². The molecule has 0 aliphatic rings. The number of aliphatic hydroxyl groups is 1. The van der Waals surface area contributed by atoms with Crippen molar-refractivity contribution >= 4 is 17.9 Å². The number of benzene rings is 1. The number of allylic oxidation sites excluding steroid dienone is 1. The molecule has 1 N–H and O–H groups in total. The standard InChI is InChI=1S/C12H12FNO3/c1-8(15)9(12(16)17-2)7-14-11-6-4-3-5-10(11)13/h3-7,15H,1-2H3/b9-8+,14-7?. The predicted molar refractivity (Wildman–Crippen MR) is 61.9 cm³/mol. The van der Waals surface area contributed by atoms with Gasteiger partial charge in [0.15, 0.2) is 0 Å². The summed E-state index contributed by atoms with van der Waals surface area (Å²) in [7, 11) is 1.18. The van der Waals surface area contributed by atoms with Gasteiger partial charge in [0.2, 0.25) is 0 Å². The fourth-order valence-electron chi connectivity index (χ4n) is 1.09. The van der Waals surface area contributed by atoms with Gasteiger partial charge in [0.05, 0.1) is 12.8 Å². The Bertz CT molecular complexity index is 476. The van der Waals surface area contributed by atoms with E-state index in [1.807, 2.05) is 0 Å². The van der Waals surface area contributed by atoms with E-state index in [9.17, 15) is 14.3 Å². The Morgan fingerprint density at radius 3 is 2.65 bits per heavy atom. The van der Waals surface area contributed by atoms with E-state index in [4.69, 9.17) is 0 Å². The van der Waals surface area contributed by atoms with Crippen LogP contribution in [0.25, 0.3) is 0 Å². The van der Waals surface area contributed by atoms with E-state index in [1.54, 1.807) is 6.07 Å². The second-order valence-corrected chi connectivity index (χ2v) is 3.20. The number of methoxy groups -OCH3 is 1. The Kier molecular flexibility index (Phi) is 4.39. The molecule has 0 fully saturated rings. The third-order valence-electron chi connectivity index (χ3n) is 1.98. The lowest BCUT2D eigenvalue weighted by molar-refractivity contribution is -0.135. The highest BCUT2D eigenvalue weighted by Crippen LogP contribution is 2.16. The Morgan fingerprint density at radius 1 is 1.47 bits per heavy atom. The predicted octanol–water partition coefficient (Wildman–Crippen LogP) is 2.53. The monoisotopic (exact) mass is 237 g/mol. The van der Waals surface area contributed by atoms with Crippen LogP contribution in [0.5, 0.6) is 0 Å². The highest BCUT2D eigenvalue weighted by atomic mass is 19.1. The number of hydrogen-bond acceptors (Lipinski definition) is 4. The van der Waals surface area contributed by atoms with Crippen LogP contribution in [0.1, 0.15) is 6.92 Å². The summed E-state index contributed by atoms with van der Waals surface area (Å²) in [4.78, 5) is 15.0. The molecule has 0 aliphatic heterocycles. The van der Waals surface area contributed by atoms with Gasteiger partial charge in [0, 0.05) is 6.21 Å². The Labute approximate surface area is 98.1 Å². The topological polar surface area (TPSA) is 58.9 Å². The van der Waals surface area contributed by atoms with Crippen LogP contribution >= 0.6 is 0 Å². The second kappa shape index (κ2) is 5.79. The van der Waals surface area contributed by atoms with E-state index in [0.29, 0.717) is 0 Å². The highest BCUT2D eigenvalue weighted by Gasteiger charge is 2.11. The van der Waals surface area contributed by atoms with Gasteiger partial charge in [-0.15, -0.1) is 0 Å². The van der Waals surface area contributed by atoms with Crippen molar-refractivity contribution < 1.29 is 19.0 Å². The third kappa shape index (κ3) is 3.41. The average Bonchev–Trinajstić information content (AvgIpc) is 2.30. The quantitative estimate of drug-likeness (QED) is 0.380. The van der Waals surface area contributed by atoms with Crippen LogP contribution in [0.4, 0.5) is 10.1 Å². The minimum atomic E-state index is -0.731. The van der Waals surface area contributed by atoms with Gasteiger partial charge in [-0.3, -0.25) is 4.99 Å². The highest BCUT2D eigenvalue weighted by molar-refractivity contribution is 6.10. The number of rotatable bonds is 3. The summed E-state index contributed by atoms with van der Waals surface area (Å²) in [6, 6.07) is 5.85. The molecule has 4 nitrogen and oxygen atoms in total. The first-order valence-electron chi connectivity index (χ1n) is 4.83. The molecule has 90 valence electrons. The normalized spacial score (nSPS) is 12.4. The zero-order valence-corrected chi connectivity index (χ0v) is 9.48. The zero-order chi connectivity index (χ0) is 12.8. The number of para-hydroxylation sites is 1. The fraction of sp³-hybridized carbons (Fsp3) is 0.167. The molecule has 0 bridgehead atoms. The minimum Gasteiger partial charge on any atom is -0.512 e. The summed E-state index contributed by atoms with van der Waals surface area (Å²) in [5.41, 5.74) is -0.0362. The van der Waals surface area contributed by atoms with Gasteiger partial charge in [-0.25, -0.2) is 9.18 Å². The van der Waals surface area contributed by atoms with Crippen LogP contribution in [0.2, 0.25) is 0 Å². The van der Waals surface area contributed by atoms with Crippen molar-refractivity contribution in [3.63, 3.8) is 0 Å². The zero-order valence-electron chi connectivity index (χ0n) is 9.48. The van der Waals surface area contributed by atoms with Crippen LogP contribution in [-0.4, -0.2) is 24.4 Å². The van der Waals surface area contributed by atoms with Crippen molar-refractivity contribution in [1.29, 1.82) is 0 Å². The van der Waals surface area contributed by atoms with Gasteiger partial charge in [0.1, 0.15) is 17.1 Å². The van der Waals surface area contributed by atoms with Gasteiger partial charge in [-0.1, -0.05) is 12.1 Å². The molecule has 0 spiro atoms. The third-order valence-corrected chi connectivity index (χ3v) is 1.98. The molecule has 0 saturated heterocycles. The van der Waals surface area contributed by atoms with Crippen molar-refractivity contribution in [3.8, 4) is 0 Å². The van der Waals surface area contributed by atoms with Gasteiger partial charge < -0.3 is 9.84 Å². The molecular weight excluding hydrogens is 225 g/mol. The first-order valence-corrected chi connectivity index (χ1v) is 4.83. The molecule has 0 radical (unpaired) electrons. The first-order chi connectivity index (χ1) is 8.06. The summed E-state index contributed by atoms with van der Waals surface area (Å²) in [6.45, 7) is 1.32. The van der Waals surface area contributed by atoms with Crippen molar-refractivity contribution in [2.45, 2.75) is 6.92 Å². The molecule has 0 saturated carbocycles. The Hall–Kier alpha value is -2.17. The van der Waals surface area contributed by atoms with E-state index in [0.717, 1.165) is 6.21 Å². The summed E-state index contributed by atoms with van der Waals surface area (Å²) in [5.74, 6) is -1.48. The maximum absolute atomic E-state index is 13.2. The van der Waals surface area contributed by atoms with E-state index in [-0.39, 0.29) is 17.0 Å². The molecule has 1 rings (SSSR count). The molecule has 0 amide bonds. The van der Waals surface area contributed by atoms with E-state index in [1.165, 1.54) is 32.2 Å². The van der Waals surface area contributed by atoms with E-state index < -0.39 is 11.8 Å². The molecule has 1 aromatic carbocycles. The number of carbonyl (C=O) groups excluding carboxylic acids is 1. The van der Waals surface area contributed by atoms with Crippen molar-refractivity contribution in [1.82, 2.24) is 0 Å². The SMILES string of the molecule is COC(=O)/C(C=Nc1ccccc1F)=C(\C)O. The van der Waals surface area contributed by atoms with Gasteiger partial charge in [-0.2, -0.15) is 0 Å². The Balaban J connectivity index is 3.01. The lowest BCUT2D eigenvalue weighted by Crippen LogP contribution is -2.08. The summed E-state index contributed by atoms with van der Waals surface area (Å²) >= 11 is 0. The average molecular weight is 237 g/mol. The Morgan fingerprint density at radius 2 is 2.12 bits per heavy atom. The smallest absolute Gasteiger partial charge is 0.342 e. The fourth-order valence-corrected chi connectivity index (χ4v) is 1.09. The number of hydrogen-bond donors (Lipinski definition) is 1. The van der Waals surface area contributed by atoms with E-state index in [2.05, 4.69) is 9.73 Å². The lowest BCUT2D eigenvalue weighted by atomic mass is 10.2. The summed E-state index contributed by atoms with van der Waals surface area (Å²) in [5, 5.41) is 9.25. The number of aliphatic imine (C=N–C) groups is 1. The largest absolute Gasteiger partial charge is 0.512 e. The number of esters is 1. The van der Waals surface area contributed by atoms with Crippen LogP contribution < -0.4 is 0 Å². The maximum Gasteiger partial charge on any atom is 0.342 e. The second-order valence-electron chi connectivity index (χ2n) is 3.20. The molecule has 0 atom stereocenters. The number of carbonyl (C=O) groups is 1. The number of aliphatic hydroxyl groups excluding tert-OH is 1. The summed E-state index contributed by atoms with van der Waals surface area (Å²) < 4.78 is 17.7. The lowest BCUT2D eigenvalue weighted by Gasteiger charge is -2.01. The van der Waals surface area contributed by atoms with Gasteiger partial charge in [0.25, 0.3) is 0 Å². The van der Waals surface area contributed by atoms with Crippen LogP contribution in [0, 0.1) is 5.82 Å². The van der Waals surface area contributed by atoms with Crippen LogP contribution in [0.15, 0.2) is 40.6 Å². The molecule has 0 aromatic heterocycles. The molecule has 17 heavy (non-hydrogen) atoms. The van der Waals surface area contributed by atoms with E-state index >= 15 is 0 Å². The molecule has 0 heterocycles. The van der Waals surface area contributed by atoms with Crippen LogP contribution in [-0.2, 0) is 9.53 Å². The minimum absolute atomic E-state index is 0.0788. The molecule has 0 unspecified atom stereocenters. The number of nitrogens with zero attached hydrogens (tertiary/aromatic N) is 1. The van der Waals surface area contributed by atoms with Gasteiger partial charge >= 0.3 is 5.97 Å². The molecule has 5 heteroatoms. The van der Waals surface area contributed by atoms with Crippen molar-refractivity contribution in [3.05, 3.63) is 41.4 Å². The first kappa shape index (κ1) is 12.9.